The van der Waals surface area contributed by atoms with E-state index in [0.717, 1.165) is 5.69 Å². The topological polar surface area (TPSA) is 68.0 Å². The minimum absolute atomic E-state index is 0.123. The van der Waals surface area contributed by atoms with Crippen molar-refractivity contribution in [2.45, 2.75) is 19.8 Å². The maximum Gasteiger partial charge on any atom is 0.306 e. The number of carbonyl (C=O) groups is 1. The molecular formula is C8H12BrN3O2. The van der Waals surface area contributed by atoms with Gasteiger partial charge < -0.3 is 5.11 Å². The number of carboxylic acid groups (broad SMARTS) is 1. The summed E-state index contributed by atoms with van der Waals surface area (Å²) >= 11 is 3.25. The molecule has 2 atom stereocenters. The Hall–Kier alpha value is -0.910. The van der Waals surface area contributed by atoms with Crippen LogP contribution in [0.25, 0.3) is 0 Å². The molecule has 1 aromatic rings. The number of aryl methyl sites for hydroxylation is 1. The van der Waals surface area contributed by atoms with Gasteiger partial charge in [0.25, 0.3) is 0 Å². The second-order valence-electron chi connectivity index (χ2n) is 3.30. The lowest BCUT2D eigenvalue weighted by molar-refractivity contribution is -0.141. The summed E-state index contributed by atoms with van der Waals surface area (Å²) in [5.41, 5.74) is 0.805. The minimum atomic E-state index is -0.814. The fourth-order valence-corrected chi connectivity index (χ4v) is 1.96. The maximum absolute atomic E-state index is 10.8. The molecule has 6 heteroatoms. The number of rotatable bonds is 3. The number of nitrogens with zero attached hydrogens (tertiary/aromatic N) is 3. The van der Waals surface area contributed by atoms with Crippen LogP contribution in [0, 0.1) is 5.92 Å². The molecule has 5 nitrogen and oxygen atoms in total. The molecule has 0 fully saturated rings. The Bertz CT molecular complexity index is 331. The number of hydrogen-bond acceptors (Lipinski definition) is 3. The van der Waals surface area contributed by atoms with Crippen LogP contribution in [0.1, 0.15) is 25.5 Å². The first-order valence-electron chi connectivity index (χ1n) is 4.23. The highest BCUT2D eigenvalue weighted by Gasteiger charge is 2.26. The van der Waals surface area contributed by atoms with E-state index in [1.807, 2.05) is 6.92 Å². The van der Waals surface area contributed by atoms with E-state index in [1.165, 1.54) is 0 Å². The van der Waals surface area contributed by atoms with Crippen molar-refractivity contribution in [1.82, 2.24) is 15.0 Å². The smallest absolute Gasteiger partial charge is 0.306 e. The summed E-state index contributed by atoms with van der Waals surface area (Å²) in [4.78, 5) is 10.8. The highest BCUT2D eigenvalue weighted by atomic mass is 79.9. The minimum Gasteiger partial charge on any atom is -0.481 e. The molecule has 0 saturated heterocycles. The lowest BCUT2D eigenvalue weighted by Gasteiger charge is -2.15. The Morgan fingerprint density at radius 2 is 2.14 bits per heavy atom. The predicted molar refractivity (Wildman–Crippen MR) is 53.9 cm³/mol. The molecule has 0 amide bonds. The summed E-state index contributed by atoms with van der Waals surface area (Å²) in [6.07, 6.45) is 0. The molecule has 0 bridgehead atoms. The van der Waals surface area contributed by atoms with E-state index in [1.54, 1.807) is 18.7 Å². The van der Waals surface area contributed by atoms with Gasteiger partial charge in [0.05, 0.1) is 11.6 Å². The molecule has 1 rings (SSSR count). The Labute approximate surface area is 90.2 Å². The van der Waals surface area contributed by atoms with Gasteiger partial charge in [0.2, 0.25) is 0 Å². The SMILES string of the molecule is CC(C(=O)O)C(C)c1c(Br)nnn1C. The lowest BCUT2D eigenvalue weighted by Crippen LogP contribution is -2.19. The molecule has 0 aromatic carbocycles. The van der Waals surface area contributed by atoms with E-state index in [9.17, 15) is 4.79 Å². The highest BCUT2D eigenvalue weighted by molar-refractivity contribution is 9.10. The molecule has 1 aromatic heterocycles. The van der Waals surface area contributed by atoms with E-state index in [2.05, 4.69) is 26.2 Å². The van der Waals surface area contributed by atoms with Crippen molar-refractivity contribution in [2.24, 2.45) is 13.0 Å². The molecule has 0 aliphatic carbocycles. The van der Waals surface area contributed by atoms with Crippen molar-refractivity contribution < 1.29 is 9.90 Å². The first-order valence-corrected chi connectivity index (χ1v) is 5.02. The number of hydrogen-bond donors (Lipinski definition) is 1. The zero-order chi connectivity index (χ0) is 10.9. The van der Waals surface area contributed by atoms with Crippen LogP contribution < -0.4 is 0 Å². The largest absolute Gasteiger partial charge is 0.481 e. The third-order valence-electron chi connectivity index (χ3n) is 2.40. The van der Waals surface area contributed by atoms with Crippen LogP contribution in [-0.4, -0.2) is 26.1 Å². The number of halogens is 1. The van der Waals surface area contributed by atoms with Crippen molar-refractivity contribution >= 4 is 21.9 Å². The molecule has 0 aliphatic heterocycles. The third kappa shape index (κ3) is 1.95. The number of aliphatic carboxylic acids is 1. The van der Waals surface area contributed by atoms with Crippen LogP contribution in [0.5, 0.6) is 0 Å². The van der Waals surface area contributed by atoms with Crippen molar-refractivity contribution in [1.29, 1.82) is 0 Å². The first kappa shape index (κ1) is 11.2. The molecule has 0 saturated carbocycles. The summed E-state index contributed by atoms with van der Waals surface area (Å²) in [6, 6.07) is 0. The van der Waals surface area contributed by atoms with Crippen LogP contribution in [0.15, 0.2) is 4.60 Å². The third-order valence-corrected chi connectivity index (χ3v) is 2.96. The summed E-state index contributed by atoms with van der Waals surface area (Å²) < 4.78 is 2.20. The second-order valence-corrected chi connectivity index (χ2v) is 4.06. The average Bonchev–Trinajstić information content (AvgIpc) is 2.44. The molecule has 78 valence electrons. The molecule has 14 heavy (non-hydrogen) atoms. The second kappa shape index (κ2) is 4.08. The van der Waals surface area contributed by atoms with E-state index >= 15 is 0 Å². The van der Waals surface area contributed by atoms with Gasteiger partial charge >= 0.3 is 5.97 Å². The lowest BCUT2D eigenvalue weighted by atomic mass is 9.93. The van der Waals surface area contributed by atoms with Crippen LogP contribution in [-0.2, 0) is 11.8 Å². The quantitative estimate of drug-likeness (QED) is 0.894. The van der Waals surface area contributed by atoms with E-state index in [-0.39, 0.29) is 5.92 Å². The molecule has 2 unspecified atom stereocenters. The van der Waals surface area contributed by atoms with Gasteiger partial charge in [-0.05, 0) is 15.9 Å². The summed E-state index contributed by atoms with van der Waals surface area (Å²) in [6.45, 7) is 3.52. The van der Waals surface area contributed by atoms with Gasteiger partial charge in [-0.1, -0.05) is 19.1 Å². The van der Waals surface area contributed by atoms with Gasteiger partial charge in [0.15, 0.2) is 4.60 Å². The zero-order valence-corrected chi connectivity index (χ0v) is 9.82. The maximum atomic E-state index is 10.8. The zero-order valence-electron chi connectivity index (χ0n) is 8.23. The van der Waals surface area contributed by atoms with Crippen molar-refractivity contribution in [3.63, 3.8) is 0 Å². The van der Waals surface area contributed by atoms with E-state index < -0.39 is 11.9 Å². The average molecular weight is 262 g/mol. The Balaban J connectivity index is 2.99. The summed E-state index contributed by atoms with van der Waals surface area (Å²) in [7, 11) is 1.75. The van der Waals surface area contributed by atoms with E-state index in [0.29, 0.717) is 4.60 Å². The van der Waals surface area contributed by atoms with Gasteiger partial charge in [-0.15, -0.1) is 5.10 Å². The van der Waals surface area contributed by atoms with Crippen LogP contribution in [0.3, 0.4) is 0 Å². The van der Waals surface area contributed by atoms with Crippen molar-refractivity contribution in [2.75, 3.05) is 0 Å². The monoisotopic (exact) mass is 261 g/mol. The fraction of sp³-hybridized carbons (Fsp3) is 0.625. The van der Waals surface area contributed by atoms with Crippen molar-refractivity contribution in [3.05, 3.63) is 10.3 Å². The number of carboxylic acids is 1. The van der Waals surface area contributed by atoms with E-state index in [4.69, 9.17) is 5.11 Å². The standard InChI is InChI=1S/C8H12BrN3O2/c1-4(5(2)8(13)14)6-7(9)10-11-12(6)3/h4-5H,1-3H3,(H,13,14). The number of aromatic nitrogens is 3. The van der Waals surface area contributed by atoms with Crippen LogP contribution in [0.4, 0.5) is 0 Å². The predicted octanol–water partition coefficient (Wildman–Crippen LogP) is 1.40. The molecule has 0 radical (unpaired) electrons. The molecule has 0 spiro atoms. The molecular weight excluding hydrogens is 250 g/mol. The van der Waals surface area contributed by atoms with Gasteiger partial charge in [-0.25, -0.2) is 0 Å². The summed E-state index contributed by atoms with van der Waals surface area (Å²) in [5, 5.41) is 16.5. The van der Waals surface area contributed by atoms with Gasteiger partial charge in [0.1, 0.15) is 0 Å². The fourth-order valence-electron chi connectivity index (χ4n) is 1.27. The Morgan fingerprint density at radius 1 is 1.57 bits per heavy atom. The van der Waals surface area contributed by atoms with Gasteiger partial charge in [-0.3, -0.25) is 9.48 Å². The first-order chi connectivity index (χ1) is 6.45. The van der Waals surface area contributed by atoms with Crippen molar-refractivity contribution in [3.8, 4) is 0 Å². The normalized spacial score (nSPS) is 15.1. The van der Waals surface area contributed by atoms with Gasteiger partial charge in [-0.2, -0.15) is 0 Å². The van der Waals surface area contributed by atoms with Crippen LogP contribution >= 0.6 is 15.9 Å². The molecule has 0 aliphatic rings. The van der Waals surface area contributed by atoms with Crippen LogP contribution in [0.2, 0.25) is 0 Å². The molecule has 1 N–H and O–H groups in total. The highest BCUT2D eigenvalue weighted by Crippen LogP contribution is 2.28. The molecule has 1 heterocycles. The Kier molecular flexibility index (Phi) is 3.25. The summed E-state index contributed by atoms with van der Waals surface area (Å²) in [5.74, 6) is -1.39. The van der Waals surface area contributed by atoms with Gasteiger partial charge in [0, 0.05) is 13.0 Å². The Morgan fingerprint density at radius 3 is 2.50 bits per heavy atom.